The minimum atomic E-state index is -0.342. The van der Waals surface area contributed by atoms with Crippen LogP contribution in [0, 0.1) is 0 Å². The van der Waals surface area contributed by atoms with Crippen LogP contribution in [0.2, 0.25) is 0 Å². The Hall–Kier alpha value is -2.87. The van der Waals surface area contributed by atoms with Crippen LogP contribution in [-0.4, -0.2) is 50.0 Å². The van der Waals surface area contributed by atoms with Crippen molar-refractivity contribution in [3.8, 4) is 17.2 Å². The number of carbonyl (C=O) groups excluding carboxylic acids is 2. The van der Waals surface area contributed by atoms with Gasteiger partial charge in [0.05, 0.1) is 25.5 Å². The van der Waals surface area contributed by atoms with E-state index in [0.29, 0.717) is 53.2 Å². The van der Waals surface area contributed by atoms with Gasteiger partial charge in [0.2, 0.25) is 5.75 Å². The number of carbonyl (C=O) groups is 2. The number of benzene rings is 2. The standard InChI is InChI=1S/C22H28N2O5S/c1-6-27-17-13-15(14-18(28-7-2)20(17)29-8-3)21(25)23-16-11-9-10-12-19(16)30-22(26)24(4)5/h9-14H,6-8H2,1-5H3,(H,23,25). The molecule has 0 spiro atoms. The fourth-order valence-corrected chi connectivity index (χ4v) is 3.30. The number of para-hydroxylation sites is 1. The van der Waals surface area contributed by atoms with Crippen LogP contribution in [0.3, 0.4) is 0 Å². The molecule has 0 aliphatic heterocycles. The highest BCUT2D eigenvalue weighted by atomic mass is 32.2. The van der Waals surface area contributed by atoms with Crippen LogP contribution in [0.15, 0.2) is 41.3 Å². The molecule has 0 unspecified atom stereocenters. The highest BCUT2D eigenvalue weighted by Crippen LogP contribution is 2.39. The molecule has 0 fully saturated rings. The molecule has 0 saturated heterocycles. The first-order chi connectivity index (χ1) is 14.4. The normalized spacial score (nSPS) is 10.3. The highest BCUT2D eigenvalue weighted by molar-refractivity contribution is 8.13. The Balaban J connectivity index is 2.36. The van der Waals surface area contributed by atoms with Crippen molar-refractivity contribution in [1.29, 1.82) is 0 Å². The van der Waals surface area contributed by atoms with E-state index in [1.807, 2.05) is 26.8 Å². The second-order valence-corrected chi connectivity index (χ2v) is 7.31. The first-order valence-electron chi connectivity index (χ1n) is 9.77. The first-order valence-corrected chi connectivity index (χ1v) is 10.6. The van der Waals surface area contributed by atoms with E-state index >= 15 is 0 Å². The molecule has 2 aromatic rings. The zero-order valence-corrected chi connectivity index (χ0v) is 18.8. The summed E-state index contributed by atoms with van der Waals surface area (Å²) in [6.07, 6.45) is 0. The molecule has 0 radical (unpaired) electrons. The summed E-state index contributed by atoms with van der Waals surface area (Å²) in [5, 5.41) is 2.75. The van der Waals surface area contributed by atoms with E-state index in [2.05, 4.69) is 5.32 Å². The Kier molecular flexibility index (Phi) is 8.86. The fraction of sp³-hybridized carbons (Fsp3) is 0.364. The number of anilines is 1. The average Bonchev–Trinajstić information content (AvgIpc) is 2.71. The van der Waals surface area contributed by atoms with Gasteiger partial charge in [-0.1, -0.05) is 12.1 Å². The van der Waals surface area contributed by atoms with Crippen LogP contribution in [-0.2, 0) is 0 Å². The lowest BCUT2D eigenvalue weighted by Gasteiger charge is -2.17. The molecule has 2 aromatic carbocycles. The highest BCUT2D eigenvalue weighted by Gasteiger charge is 2.19. The van der Waals surface area contributed by atoms with Crippen LogP contribution in [0.1, 0.15) is 31.1 Å². The maximum Gasteiger partial charge on any atom is 0.286 e. The molecular formula is C22H28N2O5S. The molecule has 7 nitrogen and oxygen atoms in total. The van der Waals surface area contributed by atoms with E-state index in [9.17, 15) is 9.59 Å². The molecule has 0 aromatic heterocycles. The molecule has 162 valence electrons. The van der Waals surface area contributed by atoms with Crippen LogP contribution in [0.25, 0.3) is 0 Å². The lowest BCUT2D eigenvalue weighted by molar-refractivity contribution is 0.102. The van der Waals surface area contributed by atoms with Gasteiger partial charge in [0.1, 0.15) is 0 Å². The molecule has 8 heteroatoms. The maximum atomic E-state index is 13.0. The lowest BCUT2D eigenvalue weighted by atomic mass is 10.1. The Labute approximate surface area is 181 Å². The zero-order valence-electron chi connectivity index (χ0n) is 18.0. The Morgan fingerprint density at radius 1 is 0.933 bits per heavy atom. The van der Waals surface area contributed by atoms with Gasteiger partial charge in [0, 0.05) is 24.6 Å². The van der Waals surface area contributed by atoms with Crippen molar-refractivity contribution in [1.82, 2.24) is 4.90 Å². The number of rotatable bonds is 9. The van der Waals surface area contributed by atoms with Gasteiger partial charge in [-0.15, -0.1) is 0 Å². The minimum Gasteiger partial charge on any atom is -0.490 e. The van der Waals surface area contributed by atoms with Crippen molar-refractivity contribution in [2.45, 2.75) is 25.7 Å². The lowest BCUT2D eigenvalue weighted by Crippen LogP contribution is -2.17. The fourth-order valence-electron chi connectivity index (χ4n) is 2.56. The Bertz CT molecular complexity index is 859. The van der Waals surface area contributed by atoms with Gasteiger partial charge >= 0.3 is 0 Å². The van der Waals surface area contributed by atoms with Gasteiger partial charge in [0.15, 0.2) is 11.5 Å². The molecule has 30 heavy (non-hydrogen) atoms. The predicted molar refractivity (Wildman–Crippen MR) is 119 cm³/mol. The minimum absolute atomic E-state index is 0.130. The van der Waals surface area contributed by atoms with Crippen molar-refractivity contribution in [2.24, 2.45) is 0 Å². The average molecular weight is 433 g/mol. The number of nitrogens with one attached hydrogen (secondary N) is 1. The van der Waals surface area contributed by atoms with Gasteiger partial charge in [-0.25, -0.2) is 0 Å². The third kappa shape index (κ3) is 6.06. The van der Waals surface area contributed by atoms with Gasteiger partial charge in [-0.2, -0.15) is 0 Å². The van der Waals surface area contributed by atoms with Gasteiger partial charge < -0.3 is 24.4 Å². The number of thioether (sulfide) groups is 1. The topological polar surface area (TPSA) is 77.1 Å². The van der Waals surface area contributed by atoms with E-state index in [1.165, 1.54) is 4.90 Å². The van der Waals surface area contributed by atoms with Crippen molar-refractivity contribution < 1.29 is 23.8 Å². The van der Waals surface area contributed by atoms with Crippen molar-refractivity contribution in [3.63, 3.8) is 0 Å². The molecule has 0 saturated carbocycles. The molecule has 2 rings (SSSR count). The molecule has 0 aliphatic rings. The number of hydrogen-bond acceptors (Lipinski definition) is 6. The van der Waals surface area contributed by atoms with Crippen LogP contribution in [0.5, 0.6) is 17.2 Å². The molecule has 0 aliphatic carbocycles. The van der Waals surface area contributed by atoms with Gasteiger partial charge in [-0.05, 0) is 56.8 Å². The Morgan fingerprint density at radius 2 is 1.50 bits per heavy atom. The summed E-state index contributed by atoms with van der Waals surface area (Å²) in [5.74, 6) is 1.03. The SMILES string of the molecule is CCOc1cc(C(=O)Nc2ccccc2SC(=O)N(C)C)cc(OCC)c1OCC. The van der Waals surface area contributed by atoms with Crippen LogP contribution >= 0.6 is 11.8 Å². The van der Waals surface area contributed by atoms with Gasteiger partial charge in [-0.3, -0.25) is 9.59 Å². The smallest absolute Gasteiger partial charge is 0.286 e. The van der Waals surface area contributed by atoms with Gasteiger partial charge in [0.25, 0.3) is 11.1 Å². The number of ether oxygens (including phenoxy) is 3. The van der Waals surface area contributed by atoms with E-state index in [-0.39, 0.29) is 11.1 Å². The van der Waals surface area contributed by atoms with Crippen LogP contribution < -0.4 is 19.5 Å². The zero-order chi connectivity index (χ0) is 22.1. The maximum absolute atomic E-state index is 13.0. The molecular weight excluding hydrogens is 404 g/mol. The van der Waals surface area contributed by atoms with E-state index < -0.39 is 0 Å². The monoisotopic (exact) mass is 432 g/mol. The van der Waals surface area contributed by atoms with Crippen LogP contribution in [0.4, 0.5) is 10.5 Å². The third-order valence-corrected chi connectivity index (χ3v) is 4.98. The largest absolute Gasteiger partial charge is 0.490 e. The number of amides is 2. The Morgan fingerprint density at radius 3 is 2.03 bits per heavy atom. The number of nitrogens with zero attached hydrogens (tertiary/aromatic N) is 1. The summed E-state index contributed by atoms with van der Waals surface area (Å²) in [5.41, 5.74) is 0.914. The summed E-state index contributed by atoms with van der Waals surface area (Å²) in [7, 11) is 3.36. The predicted octanol–water partition coefficient (Wildman–Crippen LogP) is 4.91. The third-order valence-electron chi connectivity index (χ3n) is 3.87. The molecule has 0 heterocycles. The van der Waals surface area contributed by atoms with Crippen molar-refractivity contribution >= 4 is 28.6 Å². The molecule has 1 N–H and O–H groups in total. The summed E-state index contributed by atoms with van der Waals surface area (Å²) in [4.78, 5) is 27.2. The van der Waals surface area contributed by atoms with Crippen molar-refractivity contribution in [3.05, 3.63) is 42.0 Å². The first kappa shape index (κ1) is 23.4. The van der Waals surface area contributed by atoms with E-state index in [1.54, 1.807) is 44.4 Å². The summed E-state index contributed by atoms with van der Waals surface area (Å²) >= 11 is 1.05. The molecule has 2 amide bonds. The second kappa shape index (κ2) is 11.3. The second-order valence-electron chi connectivity index (χ2n) is 6.31. The summed E-state index contributed by atoms with van der Waals surface area (Å²) in [6, 6.07) is 10.4. The summed E-state index contributed by atoms with van der Waals surface area (Å²) < 4.78 is 17.0. The number of hydrogen-bond donors (Lipinski definition) is 1. The van der Waals surface area contributed by atoms with E-state index in [0.717, 1.165) is 11.8 Å². The quantitative estimate of drug-likeness (QED) is 0.568. The van der Waals surface area contributed by atoms with E-state index in [4.69, 9.17) is 14.2 Å². The molecule has 0 atom stereocenters. The summed E-state index contributed by atoms with van der Waals surface area (Å²) in [6.45, 7) is 6.87. The van der Waals surface area contributed by atoms with Crippen molar-refractivity contribution in [2.75, 3.05) is 39.2 Å². The molecule has 0 bridgehead atoms.